The minimum Gasteiger partial charge on any atom is -0.492 e. The minimum atomic E-state index is -0.276. The molecule has 0 heterocycles. The number of ether oxygens (including phenoxy) is 1. The van der Waals surface area contributed by atoms with Gasteiger partial charge in [-0.15, -0.1) is 0 Å². The third-order valence-corrected chi connectivity index (χ3v) is 3.10. The second-order valence-corrected chi connectivity index (χ2v) is 5.40. The molecule has 0 fully saturated rings. The summed E-state index contributed by atoms with van der Waals surface area (Å²) in [6.07, 6.45) is 0.868. The first-order valence-corrected chi connectivity index (χ1v) is 6.02. The molecule has 1 aromatic carbocycles. The molecule has 90 valence electrons. The average Bonchev–Trinajstić information content (AvgIpc) is 2.21. The molecular formula is C12H17BrFNO. The lowest BCUT2D eigenvalue weighted by Crippen LogP contribution is -2.25. The molecule has 2 nitrogen and oxygen atoms in total. The van der Waals surface area contributed by atoms with E-state index in [-0.39, 0.29) is 11.2 Å². The molecule has 2 N–H and O–H groups in total. The van der Waals surface area contributed by atoms with Gasteiger partial charge in [0.15, 0.2) is 0 Å². The van der Waals surface area contributed by atoms with E-state index < -0.39 is 0 Å². The van der Waals surface area contributed by atoms with Crippen molar-refractivity contribution in [1.82, 2.24) is 0 Å². The summed E-state index contributed by atoms with van der Waals surface area (Å²) in [5, 5.41) is 0. The average molecular weight is 290 g/mol. The Balaban J connectivity index is 2.49. The van der Waals surface area contributed by atoms with Crippen LogP contribution in [0.25, 0.3) is 0 Å². The van der Waals surface area contributed by atoms with E-state index in [2.05, 4.69) is 29.8 Å². The van der Waals surface area contributed by atoms with Crippen molar-refractivity contribution in [3.8, 4) is 5.75 Å². The Morgan fingerprint density at radius 1 is 1.44 bits per heavy atom. The molecule has 4 heteroatoms. The van der Waals surface area contributed by atoms with Gasteiger partial charge in [-0.2, -0.15) is 0 Å². The van der Waals surface area contributed by atoms with Crippen LogP contribution in [0.5, 0.6) is 5.75 Å². The maximum absolute atomic E-state index is 12.8. The van der Waals surface area contributed by atoms with Crippen molar-refractivity contribution in [1.29, 1.82) is 0 Å². The maximum atomic E-state index is 12.8. The highest BCUT2D eigenvalue weighted by Gasteiger charge is 2.15. The Hall–Kier alpha value is -0.610. The van der Waals surface area contributed by atoms with E-state index in [0.717, 1.165) is 6.42 Å². The summed E-state index contributed by atoms with van der Waals surface area (Å²) >= 11 is 3.26. The van der Waals surface area contributed by atoms with E-state index in [9.17, 15) is 4.39 Å². The smallest absolute Gasteiger partial charge is 0.133 e. The van der Waals surface area contributed by atoms with Crippen LogP contribution in [0.15, 0.2) is 22.7 Å². The molecule has 0 unspecified atom stereocenters. The molecule has 0 aliphatic heterocycles. The van der Waals surface area contributed by atoms with Gasteiger partial charge in [0.25, 0.3) is 0 Å². The molecule has 0 aromatic heterocycles. The summed E-state index contributed by atoms with van der Waals surface area (Å²) in [6.45, 7) is 5.39. The Morgan fingerprint density at radius 3 is 2.69 bits per heavy atom. The molecule has 0 saturated carbocycles. The standard InChI is InChI=1S/C12H17BrFNO/c1-12(2,8-15)5-6-16-11-4-3-9(14)7-10(11)13/h3-4,7H,5-6,8,15H2,1-2H3. The second-order valence-electron chi connectivity index (χ2n) is 4.54. The van der Waals surface area contributed by atoms with Crippen LogP contribution in [0.1, 0.15) is 20.3 Å². The quantitative estimate of drug-likeness (QED) is 0.902. The van der Waals surface area contributed by atoms with Gasteiger partial charge < -0.3 is 10.5 Å². The molecule has 0 radical (unpaired) electrons. The van der Waals surface area contributed by atoms with Gasteiger partial charge in [-0.05, 0) is 52.5 Å². The van der Waals surface area contributed by atoms with E-state index in [1.54, 1.807) is 6.07 Å². The highest BCUT2D eigenvalue weighted by Crippen LogP contribution is 2.26. The molecule has 16 heavy (non-hydrogen) atoms. The van der Waals surface area contributed by atoms with Gasteiger partial charge in [-0.1, -0.05) is 13.8 Å². The van der Waals surface area contributed by atoms with Crippen molar-refractivity contribution in [3.05, 3.63) is 28.5 Å². The third kappa shape index (κ3) is 4.10. The zero-order valence-corrected chi connectivity index (χ0v) is 11.2. The molecule has 1 rings (SSSR count). The van der Waals surface area contributed by atoms with Crippen molar-refractivity contribution >= 4 is 15.9 Å². The monoisotopic (exact) mass is 289 g/mol. The Bertz CT molecular complexity index is 355. The van der Waals surface area contributed by atoms with Crippen LogP contribution in [-0.2, 0) is 0 Å². The van der Waals surface area contributed by atoms with Gasteiger partial charge >= 0.3 is 0 Å². The maximum Gasteiger partial charge on any atom is 0.133 e. The first-order valence-electron chi connectivity index (χ1n) is 5.22. The largest absolute Gasteiger partial charge is 0.492 e. The molecule has 0 saturated heterocycles. The lowest BCUT2D eigenvalue weighted by atomic mass is 9.90. The van der Waals surface area contributed by atoms with Gasteiger partial charge in [-0.3, -0.25) is 0 Å². The molecule has 0 aliphatic carbocycles. The fraction of sp³-hybridized carbons (Fsp3) is 0.500. The summed E-state index contributed by atoms with van der Waals surface area (Å²) in [5.41, 5.74) is 5.70. The number of rotatable bonds is 5. The molecule has 0 bridgehead atoms. The lowest BCUT2D eigenvalue weighted by molar-refractivity contribution is 0.232. The summed E-state index contributed by atoms with van der Waals surface area (Å²) < 4.78 is 19.0. The minimum absolute atomic E-state index is 0.0759. The predicted octanol–water partition coefficient (Wildman–Crippen LogP) is 3.34. The van der Waals surface area contributed by atoms with E-state index in [0.29, 0.717) is 23.4 Å². The molecule has 1 aromatic rings. The SMILES string of the molecule is CC(C)(CN)CCOc1ccc(F)cc1Br. The van der Waals surface area contributed by atoms with Crippen molar-refractivity contribution in [3.63, 3.8) is 0 Å². The Morgan fingerprint density at radius 2 is 2.12 bits per heavy atom. The number of nitrogens with two attached hydrogens (primary N) is 1. The fourth-order valence-electron chi connectivity index (χ4n) is 1.13. The van der Waals surface area contributed by atoms with Crippen LogP contribution in [0.4, 0.5) is 4.39 Å². The number of hydrogen-bond donors (Lipinski definition) is 1. The zero-order valence-electron chi connectivity index (χ0n) is 9.59. The van der Waals surface area contributed by atoms with Crippen LogP contribution >= 0.6 is 15.9 Å². The molecule has 0 amide bonds. The summed E-state index contributed by atoms with van der Waals surface area (Å²) in [4.78, 5) is 0. The summed E-state index contributed by atoms with van der Waals surface area (Å²) in [5.74, 6) is 0.385. The van der Waals surface area contributed by atoms with E-state index in [1.165, 1.54) is 12.1 Å². The van der Waals surface area contributed by atoms with Gasteiger partial charge in [0.1, 0.15) is 11.6 Å². The normalized spacial score (nSPS) is 11.6. The zero-order chi connectivity index (χ0) is 12.2. The predicted molar refractivity (Wildman–Crippen MR) is 67.0 cm³/mol. The van der Waals surface area contributed by atoms with Gasteiger partial charge in [0.05, 0.1) is 11.1 Å². The van der Waals surface area contributed by atoms with Crippen LogP contribution in [0.3, 0.4) is 0 Å². The highest BCUT2D eigenvalue weighted by molar-refractivity contribution is 9.10. The second kappa shape index (κ2) is 5.64. The van der Waals surface area contributed by atoms with Crippen molar-refractivity contribution in [2.75, 3.05) is 13.2 Å². The number of benzene rings is 1. The van der Waals surface area contributed by atoms with E-state index >= 15 is 0 Å². The van der Waals surface area contributed by atoms with Crippen molar-refractivity contribution in [2.24, 2.45) is 11.1 Å². The van der Waals surface area contributed by atoms with E-state index in [1.807, 2.05) is 0 Å². The molecule has 0 aliphatic rings. The topological polar surface area (TPSA) is 35.2 Å². The fourth-order valence-corrected chi connectivity index (χ4v) is 1.60. The van der Waals surface area contributed by atoms with Gasteiger partial charge in [-0.25, -0.2) is 4.39 Å². The first-order chi connectivity index (χ1) is 7.44. The van der Waals surface area contributed by atoms with Crippen molar-refractivity contribution < 1.29 is 9.13 Å². The van der Waals surface area contributed by atoms with Crippen LogP contribution in [0.2, 0.25) is 0 Å². The van der Waals surface area contributed by atoms with Gasteiger partial charge in [0.2, 0.25) is 0 Å². The van der Waals surface area contributed by atoms with Crippen LogP contribution in [0, 0.1) is 11.2 Å². The van der Waals surface area contributed by atoms with Gasteiger partial charge in [0, 0.05) is 0 Å². The molecule has 0 spiro atoms. The lowest BCUT2D eigenvalue weighted by Gasteiger charge is -2.22. The Labute approximate surface area is 104 Å². The Kier molecular flexibility index (Phi) is 4.74. The third-order valence-electron chi connectivity index (χ3n) is 2.48. The summed E-state index contributed by atoms with van der Waals surface area (Å²) in [6, 6.07) is 4.40. The van der Waals surface area contributed by atoms with Crippen LogP contribution < -0.4 is 10.5 Å². The first kappa shape index (κ1) is 13.5. The number of hydrogen-bond acceptors (Lipinski definition) is 2. The highest BCUT2D eigenvalue weighted by atomic mass is 79.9. The van der Waals surface area contributed by atoms with Crippen LogP contribution in [-0.4, -0.2) is 13.2 Å². The molecule has 0 atom stereocenters. The summed E-state index contributed by atoms with van der Waals surface area (Å²) in [7, 11) is 0. The van der Waals surface area contributed by atoms with Crippen molar-refractivity contribution in [2.45, 2.75) is 20.3 Å². The molecular weight excluding hydrogens is 273 g/mol. The van der Waals surface area contributed by atoms with E-state index in [4.69, 9.17) is 10.5 Å². The number of halogens is 2.